The van der Waals surface area contributed by atoms with E-state index in [1.54, 1.807) is 0 Å². The number of fused-ring (bicyclic) bond motifs is 1. The summed E-state index contributed by atoms with van der Waals surface area (Å²) >= 11 is 3.55. The third kappa shape index (κ3) is 2.82. The SMILES string of the molecule is CCCNC1CCc2cc(-c3cccc(Br)c3)ccc21. The molecule has 2 aromatic carbocycles. The first-order chi connectivity index (χ1) is 9.78. The minimum absolute atomic E-state index is 0.557. The highest BCUT2D eigenvalue weighted by atomic mass is 79.9. The van der Waals surface area contributed by atoms with E-state index >= 15 is 0 Å². The van der Waals surface area contributed by atoms with E-state index in [9.17, 15) is 0 Å². The van der Waals surface area contributed by atoms with Gasteiger partial charge in [-0.3, -0.25) is 0 Å². The molecule has 1 unspecified atom stereocenters. The van der Waals surface area contributed by atoms with Gasteiger partial charge >= 0.3 is 0 Å². The molecule has 1 aliphatic rings. The Balaban J connectivity index is 1.87. The van der Waals surface area contributed by atoms with Gasteiger partial charge in [0.05, 0.1) is 0 Å². The van der Waals surface area contributed by atoms with Gasteiger partial charge in [0.2, 0.25) is 0 Å². The van der Waals surface area contributed by atoms with Crippen LogP contribution in [0.25, 0.3) is 11.1 Å². The minimum Gasteiger partial charge on any atom is -0.310 e. The summed E-state index contributed by atoms with van der Waals surface area (Å²) in [5, 5.41) is 3.65. The third-order valence-electron chi connectivity index (χ3n) is 4.02. The van der Waals surface area contributed by atoms with Crippen molar-refractivity contribution in [3.8, 4) is 11.1 Å². The van der Waals surface area contributed by atoms with Crippen LogP contribution in [0.2, 0.25) is 0 Å². The van der Waals surface area contributed by atoms with Crippen molar-refractivity contribution in [2.24, 2.45) is 0 Å². The number of hydrogen-bond acceptors (Lipinski definition) is 1. The van der Waals surface area contributed by atoms with Crippen molar-refractivity contribution in [3.63, 3.8) is 0 Å². The van der Waals surface area contributed by atoms with Gasteiger partial charge in [0.15, 0.2) is 0 Å². The maximum atomic E-state index is 3.65. The van der Waals surface area contributed by atoms with Crippen molar-refractivity contribution < 1.29 is 0 Å². The van der Waals surface area contributed by atoms with Gasteiger partial charge in [-0.15, -0.1) is 0 Å². The van der Waals surface area contributed by atoms with Gasteiger partial charge in [0, 0.05) is 10.5 Å². The number of hydrogen-bond donors (Lipinski definition) is 1. The average molecular weight is 330 g/mol. The van der Waals surface area contributed by atoms with Gasteiger partial charge in [-0.2, -0.15) is 0 Å². The molecule has 0 spiro atoms. The second-order valence-corrected chi connectivity index (χ2v) is 6.39. The van der Waals surface area contributed by atoms with Crippen LogP contribution >= 0.6 is 15.9 Å². The Hall–Kier alpha value is -1.12. The maximum Gasteiger partial charge on any atom is 0.0326 e. The first-order valence-corrected chi connectivity index (χ1v) is 8.19. The van der Waals surface area contributed by atoms with E-state index in [0.717, 1.165) is 11.0 Å². The standard InChI is InChI=1S/C18H20BrN/c1-2-10-20-18-9-7-15-11-14(6-8-17(15)18)13-4-3-5-16(19)12-13/h3-6,8,11-12,18,20H,2,7,9-10H2,1H3. The zero-order valence-corrected chi connectivity index (χ0v) is 13.4. The van der Waals surface area contributed by atoms with Gasteiger partial charge in [-0.05, 0) is 60.2 Å². The predicted molar refractivity (Wildman–Crippen MR) is 88.9 cm³/mol. The molecule has 104 valence electrons. The highest BCUT2D eigenvalue weighted by Gasteiger charge is 2.21. The minimum atomic E-state index is 0.557. The average Bonchev–Trinajstić information content (AvgIpc) is 2.87. The number of nitrogens with one attached hydrogen (secondary N) is 1. The fourth-order valence-corrected chi connectivity index (χ4v) is 3.39. The summed E-state index contributed by atoms with van der Waals surface area (Å²) in [5.74, 6) is 0. The summed E-state index contributed by atoms with van der Waals surface area (Å²) in [6, 6.07) is 16.0. The van der Waals surface area contributed by atoms with E-state index < -0.39 is 0 Å². The zero-order valence-electron chi connectivity index (χ0n) is 11.8. The number of aryl methyl sites for hydroxylation is 1. The normalized spacial score (nSPS) is 17.2. The van der Waals surface area contributed by atoms with Crippen LogP contribution in [0.4, 0.5) is 0 Å². The molecule has 0 aromatic heterocycles. The van der Waals surface area contributed by atoms with E-state index in [1.807, 2.05) is 0 Å². The third-order valence-corrected chi connectivity index (χ3v) is 4.51. The lowest BCUT2D eigenvalue weighted by Crippen LogP contribution is -2.19. The van der Waals surface area contributed by atoms with Crippen LogP contribution in [-0.2, 0) is 6.42 Å². The van der Waals surface area contributed by atoms with Crippen molar-refractivity contribution in [2.75, 3.05) is 6.54 Å². The highest BCUT2D eigenvalue weighted by Crippen LogP contribution is 2.34. The van der Waals surface area contributed by atoms with E-state index in [1.165, 1.54) is 41.5 Å². The monoisotopic (exact) mass is 329 g/mol. The zero-order chi connectivity index (χ0) is 13.9. The number of halogens is 1. The maximum absolute atomic E-state index is 3.65. The molecule has 1 atom stereocenters. The molecular weight excluding hydrogens is 310 g/mol. The first-order valence-electron chi connectivity index (χ1n) is 7.40. The van der Waals surface area contributed by atoms with Crippen molar-refractivity contribution in [1.29, 1.82) is 0 Å². The summed E-state index contributed by atoms with van der Waals surface area (Å²) in [6.07, 6.45) is 3.62. The van der Waals surface area contributed by atoms with Crippen molar-refractivity contribution in [3.05, 3.63) is 58.1 Å². The molecule has 1 N–H and O–H groups in total. The van der Waals surface area contributed by atoms with Crippen LogP contribution in [0.5, 0.6) is 0 Å². The molecule has 0 aliphatic heterocycles. The fraction of sp³-hybridized carbons (Fsp3) is 0.333. The Morgan fingerprint density at radius 3 is 2.80 bits per heavy atom. The molecule has 0 heterocycles. The molecule has 3 rings (SSSR count). The molecule has 2 aromatic rings. The van der Waals surface area contributed by atoms with Crippen LogP contribution < -0.4 is 5.32 Å². The molecule has 1 nitrogen and oxygen atoms in total. The summed E-state index contributed by atoms with van der Waals surface area (Å²) in [7, 11) is 0. The van der Waals surface area contributed by atoms with E-state index in [2.05, 4.69) is 70.6 Å². The first kappa shape index (κ1) is 13.8. The van der Waals surface area contributed by atoms with Crippen LogP contribution in [-0.4, -0.2) is 6.54 Å². The van der Waals surface area contributed by atoms with E-state index in [0.29, 0.717) is 6.04 Å². The van der Waals surface area contributed by atoms with Crippen LogP contribution in [0, 0.1) is 0 Å². The Kier molecular flexibility index (Phi) is 4.23. The molecule has 20 heavy (non-hydrogen) atoms. The van der Waals surface area contributed by atoms with Crippen LogP contribution in [0.3, 0.4) is 0 Å². The van der Waals surface area contributed by atoms with Crippen molar-refractivity contribution in [2.45, 2.75) is 32.2 Å². The molecule has 2 heteroatoms. The lowest BCUT2D eigenvalue weighted by Gasteiger charge is -2.13. The number of rotatable bonds is 4. The lowest BCUT2D eigenvalue weighted by atomic mass is 10.00. The van der Waals surface area contributed by atoms with Crippen molar-refractivity contribution in [1.82, 2.24) is 5.32 Å². The van der Waals surface area contributed by atoms with Crippen molar-refractivity contribution >= 4 is 15.9 Å². The van der Waals surface area contributed by atoms with Gasteiger partial charge in [-0.1, -0.05) is 53.2 Å². The Bertz CT molecular complexity index is 606. The fourth-order valence-electron chi connectivity index (χ4n) is 3.00. The predicted octanol–water partition coefficient (Wildman–Crippen LogP) is 5.10. The van der Waals surface area contributed by atoms with E-state index in [-0.39, 0.29) is 0 Å². The summed E-state index contributed by atoms with van der Waals surface area (Å²) < 4.78 is 1.14. The Morgan fingerprint density at radius 1 is 1.15 bits per heavy atom. The largest absolute Gasteiger partial charge is 0.310 e. The second kappa shape index (κ2) is 6.11. The van der Waals surface area contributed by atoms with Gasteiger partial charge in [0.25, 0.3) is 0 Å². The summed E-state index contributed by atoms with van der Waals surface area (Å²) in [5.41, 5.74) is 5.61. The molecule has 0 saturated heterocycles. The molecule has 0 saturated carbocycles. The van der Waals surface area contributed by atoms with Gasteiger partial charge < -0.3 is 5.32 Å². The summed E-state index contributed by atoms with van der Waals surface area (Å²) in [4.78, 5) is 0. The Morgan fingerprint density at radius 2 is 2.00 bits per heavy atom. The van der Waals surface area contributed by atoms with Gasteiger partial charge in [0.1, 0.15) is 0 Å². The molecular formula is C18H20BrN. The summed E-state index contributed by atoms with van der Waals surface area (Å²) in [6.45, 7) is 3.33. The molecule has 0 fully saturated rings. The molecule has 0 radical (unpaired) electrons. The second-order valence-electron chi connectivity index (χ2n) is 5.47. The molecule has 0 amide bonds. The molecule has 0 bridgehead atoms. The highest BCUT2D eigenvalue weighted by molar-refractivity contribution is 9.10. The van der Waals surface area contributed by atoms with Gasteiger partial charge in [-0.25, -0.2) is 0 Å². The van der Waals surface area contributed by atoms with E-state index in [4.69, 9.17) is 0 Å². The van der Waals surface area contributed by atoms with Crippen LogP contribution in [0.1, 0.15) is 36.9 Å². The molecule has 1 aliphatic carbocycles. The van der Waals surface area contributed by atoms with Crippen LogP contribution in [0.15, 0.2) is 46.9 Å². The lowest BCUT2D eigenvalue weighted by molar-refractivity contribution is 0.529. The smallest absolute Gasteiger partial charge is 0.0326 e. The number of benzene rings is 2. The Labute approximate surface area is 129 Å². The quantitative estimate of drug-likeness (QED) is 0.822. The topological polar surface area (TPSA) is 12.0 Å².